The van der Waals surface area contributed by atoms with Crippen LogP contribution in [0, 0.1) is 6.92 Å². The normalized spacial score (nSPS) is 15.3. The number of aromatic nitrogens is 3. The second-order valence-corrected chi connectivity index (χ2v) is 9.68. The zero-order chi connectivity index (χ0) is 24.4. The molecule has 0 bridgehead atoms. The SMILES string of the molecule is Cc1ccc(-c2nn3c(=O)cc(CN4CCN(C(=O)[C@@H](C)Oc5ccccc5)CC4)nc3s2)cc1. The summed E-state index contributed by atoms with van der Waals surface area (Å²) in [6.45, 7) is 7.02. The van der Waals surface area contributed by atoms with Crippen LogP contribution in [0.5, 0.6) is 5.75 Å². The predicted molar refractivity (Wildman–Crippen MR) is 136 cm³/mol. The van der Waals surface area contributed by atoms with Crippen LogP contribution in [0.25, 0.3) is 15.5 Å². The van der Waals surface area contributed by atoms with Crippen LogP contribution in [0.2, 0.25) is 0 Å². The molecule has 4 aromatic rings. The molecule has 2 aromatic heterocycles. The third-order valence-corrected chi connectivity index (χ3v) is 7.03. The van der Waals surface area contributed by atoms with E-state index in [1.165, 1.54) is 21.4 Å². The van der Waals surface area contributed by atoms with Gasteiger partial charge in [-0.05, 0) is 26.0 Å². The molecule has 1 aliphatic heterocycles. The van der Waals surface area contributed by atoms with Crippen molar-refractivity contribution in [2.24, 2.45) is 0 Å². The average Bonchev–Trinajstić information content (AvgIpc) is 3.30. The Morgan fingerprint density at radius 1 is 1.06 bits per heavy atom. The molecule has 8 nitrogen and oxygen atoms in total. The van der Waals surface area contributed by atoms with Crippen molar-refractivity contribution in [1.29, 1.82) is 0 Å². The predicted octanol–water partition coefficient (Wildman–Crippen LogP) is 3.24. The molecule has 2 aromatic carbocycles. The molecule has 1 fully saturated rings. The fourth-order valence-corrected chi connectivity index (χ4v) is 5.05. The Bertz CT molecular complexity index is 1380. The van der Waals surface area contributed by atoms with E-state index in [-0.39, 0.29) is 11.5 Å². The summed E-state index contributed by atoms with van der Waals surface area (Å²) in [5, 5.41) is 5.24. The van der Waals surface area contributed by atoms with Gasteiger partial charge in [0.05, 0.1) is 5.69 Å². The molecule has 1 aliphatic rings. The number of amides is 1. The summed E-state index contributed by atoms with van der Waals surface area (Å²) in [7, 11) is 0. The van der Waals surface area contributed by atoms with Crippen LogP contribution in [0.4, 0.5) is 0 Å². The van der Waals surface area contributed by atoms with Crippen molar-refractivity contribution in [3.63, 3.8) is 0 Å². The summed E-state index contributed by atoms with van der Waals surface area (Å²) in [4.78, 5) is 34.8. The zero-order valence-corrected chi connectivity index (χ0v) is 20.6. The number of carbonyl (C=O) groups is 1. The number of carbonyl (C=O) groups excluding carboxylic acids is 1. The number of fused-ring (bicyclic) bond motifs is 1. The minimum absolute atomic E-state index is 0.0143. The maximum atomic E-state index is 12.8. The van der Waals surface area contributed by atoms with Gasteiger partial charge < -0.3 is 9.64 Å². The van der Waals surface area contributed by atoms with E-state index in [0.29, 0.717) is 43.4 Å². The second kappa shape index (κ2) is 9.97. The highest BCUT2D eigenvalue weighted by Gasteiger charge is 2.26. The number of ether oxygens (including phenoxy) is 1. The van der Waals surface area contributed by atoms with Crippen molar-refractivity contribution in [1.82, 2.24) is 24.4 Å². The van der Waals surface area contributed by atoms with Gasteiger partial charge in [0.15, 0.2) is 6.10 Å². The van der Waals surface area contributed by atoms with Crippen LogP contribution in [0.3, 0.4) is 0 Å². The van der Waals surface area contributed by atoms with Crippen LogP contribution >= 0.6 is 11.3 Å². The lowest BCUT2D eigenvalue weighted by Crippen LogP contribution is -2.51. The van der Waals surface area contributed by atoms with Crippen LogP contribution in [0.1, 0.15) is 18.2 Å². The Balaban J connectivity index is 1.21. The van der Waals surface area contributed by atoms with Crippen molar-refractivity contribution in [2.45, 2.75) is 26.5 Å². The molecule has 0 N–H and O–H groups in total. The second-order valence-electron chi connectivity index (χ2n) is 8.73. The van der Waals surface area contributed by atoms with E-state index in [4.69, 9.17) is 9.72 Å². The first kappa shape index (κ1) is 23.2. The van der Waals surface area contributed by atoms with Gasteiger partial charge in [-0.1, -0.05) is 59.4 Å². The maximum absolute atomic E-state index is 12.8. The van der Waals surface area contributed by atoms with Crippen molar-refractivity contribution in [3.8, 4) is 16.3 Å². The first-order valence-corrected chi connectivity index (χ1v) is 12.5. The molecule has 0 saturated carbocycles. The standard InChI is InChI=1S/C26H27N5O3S/c1-18-8-10-20(11-9-18)24-28-31-23(32)16-21(27-26(31)35-24)17-29-12-14-30(15-13-29)25(33)19(2)34-22-6-4-3-5-7-22/h3-11,16,19H,12-15,17H2,1-2H3/t19-/m1/s1. The minimum atomic E-state index is -0.540. The minimum Gasteiger partial charge on any atom is -0.481 e. The zero-order valence-electron chi connectivity index (χ0n) is 19.8. The number of aryl methyl sites for hydroxylation is 1. The van der Waals surface area contributed by atoms with Gasteiger partial charge in [-0.2, -0.15) is 9.61 Å². The van der Waals surface area contributed by atoms with E-state index >= 15 is 0 Å². The van der Waals surface area contributed by atoms with Crippen molar-refractivity contribution in [2.75, 3.05) is 26.2 Å². The van der Waals surface area contributed by atoms with Gasteiger partial charge in [-0.15, -0.1) is 0 Å². The Labute approximate surface area is 207 Å². The molecule has 1 amide bonds. The van der Waals surface area contributed by atoms with Gasteiger partial charge in [0.25, 0.3) is 11.5 Å². The van der Waals surface area contributed by atoms with E-state index in [2.05, 4.69) is 10.00 Å². The smallest absolute Gasteiger partial charge is 0.275 e. The Kier molecular flexibility index (Phi) is 6.61. The average molecular weight is 490 g/mol. The molecular formula is C26H27N5O3S. The van der Waals surface area contributed by atoms with Crippen molar-refractivity contribution < 1.29 is 9.53 Å². The summed E-state index contributed by atoms with van der Waals surface area (Å²) in [6.07, 6.45) is -0.540. The van der Waals surface area contributed by atoms with E-state index < -0.39 is 6.10 Å². The molecule has 0 aliphatic carbocycles. The number of nitrogens with zero attached hydrogens (tertiary/aromatic N) is 5. The largest absolute Gasteiger partial charge is 0.481 e. The molecule has 9 heteroatoms. The highest BCUT2D eigenvalue weighted by atomic mass is 32.1. The monoisotopic (exact) mass is 489 g/mol. The molecule has 1 atom stereocenters. The van der Waals surface area contributed by atoms with E-state index in [1.807, 2.05) is 66.4 Å². The topological polar surface area (TPSA) is 80.0 Å². The lowest BCUT2D eigenvalue weighted by molar-refractivity contribution is -0.139. The highest BCUT2D eigenvalue weighted by molar-refractivity contribution is 7.19. The molecule has 180 valence electrons. The lowest BCUT2D eigenvalue weighted by atomic mass is 10.2. The molecule has 5 rings (SSSR count). The number of hydrogen-bond acceptors (Lipinski definition) is 7. The summed E-state index contributed by atoms with van der Waals surface area (Å²) in [5.74, 6) is 0.674. The van der Waals surface area contributed by atoms with Crippen molar-refractivity contribution in [3.05, 3.63) is 82.3 Å². The highest BCUT2D eigenvalue weighted by Crippen LogP contribution is 2.24. The van der Waals surface area contributed by atoms with Gasteiger partial charge in [0.1, 0.15) is 10.8 Å². The third kappa shape index (κ3) is 5.26. The molecule has 3 heterocycles. The quantitative estimate of drug-likeness (QED) is 0.414. The van der Waals surface area contributed by atoms with Gasteiger partial charge >= 0.3 is 0 Å². The van der Waals surface area contributed by atoms with E-state index in [1.54, 1.807) is 13.0 Å². The molecule has 0 spiro atoms. The number of hydrogen-bond donors (Lipinski definition) is 0. The maximum Gasteiger partial charge on any atom is 0.275 e. The summed E-state index contributed by atoms with van der Waals surface area (Å²) < 4.78 is 7.16. The Morgan fingerprint density at radius 2 is 1.77 bits per heavy atom. The van der Waals surface area contributed by atoms with Crippen LogP contribution in [-0.4, -0.2) is 62.6 Å². The van der Waals surface area contributed by atoms with Gasteiger partial charge in [0, 0.05) is 44.4 Å². The number of para-hydroxylation sites is 1. The summed E-state index contributed by atoms with van der Waals surface area (Å²) in [6, 6.07) is 19.0. The van der Waals surface area contributed by atoms with Crippen LogP contribution in [-0.2, 0) is 11.3 Å². The fraction of sp³-hybridized carbons (Fsp3) is 0.308. The molecule has 1 saturated heterocycles. The number of rotatable bonds is 6. The molecule has 0 unspecified atom stereocenters. The van der Waals surface area contributed by atoms with Crippen LogP contribution in [0.15, 0.2) is 65.5 Å². The summed E-state index contributed by atoms with van der Waals surface area (Å²) in [5.41, 5.74) is 2.68. The van der Waals surface area contributed by atoms with Gasteiger partial charge in [-0.25, -0.2) is 4.98 Å². The third-order valence-electron chi connectivity index (χ3n) is 6.07. The Morgan fingerprint density at radius 3 is 2.49 bits per heavy atom. The number of benzene rings is 2. The Hall–Kier alpha value is -3.56. The van der Waals surface area contributed by atoms with E-state index in [0.717, 1.165) is 16.3 Å². The van der Waals surface area contributed by atoms with Gasteiger partial charge in [0.2, 0.25) is 4.96 Å². The molecule has 35 heavy (non-hydrogen) atoms. The first-order chi connectivity index (χ1) is 17.0. The van der Waals surface area contributed by atoms with Crippen LogP contribution < -0.4 is 10.3 Å². The van der Waals surface area contributed by atoms with E-state index in [9.17, 15) is 9.59 Å². The number of piperazine rings is 1. The molecular weight excluding hydrogens is 462 g/mol. The first-order valence-electron chi connectivity index (χ1n) is 11.7. The fourth-order valence-electron chi connectivity index (χ4n) is 4.12. The van der Waals surface area contributed by atoms with Gasteiger partial charge in [-0.3, -0.25) is 14.5 Å². The van der Waals surface area contributed by atoms with Crippen molar-refractivity contribution >= 4 is 22.2 Å². The summed E-state index contributed by atoms with van der Waals surface area (Å²) >= 11 is 1.41. The lowest BCUT2D eigenvalue weighted by Gasteiger charge is -2.35. The molecule has 0 radical (unpaired) electrons.